The van der Waals surface area contributed by atoms with Crippen molar-refractivity contribution in [3.8, 4) is 11.3 Å². The number of halogens is 1. The van der Waals surface area contributed by atoms with Crippen LogP contribution in [0.25, 0.3) is 11.3 Å². The second kappa shape index (κ2) is 8.65. The molecule has 1 amide bonds. The van der Waals surface area contributed by atoms with Crippen molar-refractivity contribution in [2.24, 2.45) is 0 Å². The molecule has 0 atom stereocenters. The van der Waals surface area contributed by atoms with Gasteiger partial charge in [-0.3, -0.25) is 4.79 Å². The van der Waals surface area contributed by atoms with Gasteiger partial charge in [0.2, 0.25) is 5.91 Å². The maximum Gasteiger partial charge on any atom is 0.223 e. The minimum absolute atomic E-state index is 0.112. The van der Waals surface area contributed by atoms with Crippen molar-refractivity contribution in [3.63, 3.8) is 0 Å². The lowest BCUT2D eigenvalue weighted by atomic mass is 10.1. The number of rotatable bonds is 7. The largest absolute Gasteiger partial charge is 0.467 e. The molecule has 1 fully saturated rings. The molecule has 0 bridgehead atoms. The van der Waals surface area contributed by atoms with E-state index in [0.717, 1.165) is 24.2 Å². The first-order valence-corrected chi connectivity index (χ1v) is 10.1. The van der Waals surface area contributed by atoms with Crippen molar-refractivity contribution in [1.29, 1.82) is 0 Å². The molecule has 0 N–H and O–H groups in total. The Morgan fingerprint density at radius 3 is 2.75 bits per heavy atom. The van der Waals surface area contributed by atoms with Crippen molar-refractivity contribution < 1.29 is 13.6 Å². The predicted molar refractivity (Wildman–Crippen MR) is 107 cm³/mol. The average Bonchev–Trinajstić information content (AvgIpc) is 3.47. The minimum atomic E-state index is 0.112. The van der Waals surface area contributed by atoms with Crippen molar-refractivity contribution in [3.05, 3.63) is 65.5 Å². The Hall–Kier alpha value is -2.53. The topological polar surface area (TPSA) is 59.5 Å². The quantitative estimate of drug-likeness (QED) is 0.527. The van der Waals surface area contributed by atoms with Gasteiger partial charge in [0.05, 0.1) is 24.0 Å². The summed E-state index contributed by atoms with van der Waals surface area (Å²) in [6.07, 6.45) is 8.60. The Labute approximate surface area is 169 Å². The zero-order chi connectivity index (χ0) is 19.3. The van der Waals surface area contributed by atoms with Crippen LogP contribution >= 0.6 is 11.6 Å². The van der Waals surface area contributed by atoms with Gasteiger partial charge in [-0.25, -0.2) is 4.98 Å². The van der Waals surface area contributed by atoms with E-state index in [0.29, 0.717) is 42.1 Å². The van der Waals surface area contributed by atoms with Gasteiger partial charge in [0, 0.05) is 24.4 Å². The average molecular weight is 399 g/mol. The Bertz CT molecular complexity index is 914. The molecule has 1 aliphatic rings. The third-order valence-corrected chi connectivity index (χ3v) is 5.57. The van der Waals surface area contributed by atoms with Gasteiger partial charge in [-0.2, -0.15) is 0 Å². The number of furan rings is 1. The van der Waals surface area contributed by atoms with Crippen LogP contribution in [-0.4, -0.2) is 21.8 Å². The van der Waals surface area contributed by atoms with E-state index in [-0.39, 0.29) is 5.91 Å². The van der Waals surface area contributed by atoms with Gasteiger partial charge in [-0.15, -0.1) is 0 Å². The number of amides is 1. The van der Waals surface area contributed by atoms with Crippen LogP contribution in [0.1, 0.15) is 43.8 Å². The molecule has 1 aromatic carbocycles. The van der Waals surface area contributed by atoms with Gasteiger partial charge < -0.3 is 13.7 Å². The number of carbonyl (C=O) groups is 1. The molecule has 1 aliphatic carbocycles. The van der Waals surface area contributed by atoms with Crippen LogP contribution in [0.2, 0.25) is 5.02 Å². The van der Waals surface area contributed by atoms with Gasteiger partial charge in [0.25, 0.3) is 0 Å². The maximum atomic E-state index is 13.0. The number of aromatic nitrogens is 1. The number of aryl methyl sites for hydroxylation is 1. The van der Waals surface area contributed by atoms with Crippen LogP contribution in [0.4, 0.5) is 0 Å². The van der Waals surface area contributed by atoms with E-state index in [4.69, 9.17) is 20.4 Å². The molecule has 0 saturated heterocycles. The number of hydrogen-bond donors (Lipinski definition) is 0. The number of oxazole rings is 1. The third-order valence-electron chi connectivity index (χ3n) is 5.24. The van der Waals surface area contributed by atoms with E-state index in [9.17, 15) is 4.79 Å². The Morgan fingerprint density at radius 2 is 2.00 bits per heavy atom. The molecule has 5 nitrogen and oxygen atoms in total. The predicted octanol–water partition coefficient (Wildman–Crippen LogP) is 5.49. The molecule has 4 rings (SSSR count). The molecule has 0 unspecified atom stereocenters. The van der Waals surface area contributed by atoms with Gasteiger partial charge >= 0.3 is 0 Å². The molecule has 146 valence electrons. The van der Waals surface area contributed by atoms with E-state index in [1.54, 1.807) is 12.5 Å². The highest BCUT2D eigenvalue weighted by Crippen LogP contribution is 2.29. The Balaban J connectivity index is 1.41. The highest BCUT2D eigenvalue weighted by molar-refractivity contribution is 6.33. The second-order valence-electron chi connectivity index (χ2n) is 7.14. The summed E-state index contributed by atoms with van der Waals surface area (Å²) in [4.78, 5) is 19.2. The van der Waals surface area contributed by atoms with Gasteiger partial charge in [-0.1, -0.05) is 36.6 Å². The van der Waals surface area contributed by atoms with Crippen LogP contribution in [0.5, 0.6) is 0 Å². The molecule has 0 aliphatic heterocycles. The fraction of sp³-hybridized carbons (Fsp3) is 0.364. The third kappa shape index (κ3) is 4.30. The summed E-state index contributed by atoms with van der Waals surface area (Å²) in [7, 11) is 0. The molecule has 2 heterocycles. The van der Waals surface area contributed by atoms with Crippen LogP contribution < -0.4 is 0 Å². The van der Waals surface area contributed by atoms with Crippen molar-refractivity contribution in [1.82, 2.24) is 9.88 Å². The first-order chi connectivity index (χ1) is 13.7. The van der Waals surface area contributed by atoms with Crippen LogP contribution in [0, 0.1) is 0 Å². The highest BCUT2D eigenvalue weighted by Gasteiger charge is 2.27. The standard InChI is InChI=1S/C22H23ClN2O3/c23-19-10-4-3-9-18(19)20-14-24-21(28-20)11-12-22(26)25(16-6-1-2-7-16)15-17-8-5-13-27-17/h3-5,8-10,13-14,16H,1-2,6-7,11-12,15H2. The van der Waals surface area contributed by atoms with E-state index >= 15 is 0 Å². The van der Waals surface area contributed by atoms with E-state index in [1.165, 1.54) is 12.8 Å². The van der Waals surface area contributed by atoms with Gasteiger partial charge in [-0.05, 0) is 37.1 Å². The maximum absolute atomic E-state index is 13.0. The smallest absolute Gasteiger partial charge is 0.223 e. The van der Waals surface area contributed by atoms with Crippen molar-refractivity contribution in [2.75, 3.05) is 0 Å². The van der Waals surface area contributed by atoms with Crippen LogP contribution in [-0.2, 0) is 17.8 Å². The fourth-order valence-electron chi connectivity index (χ4n) is 3.78. The normalized spacial score (nSPS) is 14.5. The minimum Gasteiger partial charge on any atom is -0.467 e. The van der Waals surface area contributed by atoms with Crippen molar-refractivity contribution >= 4 is 17.5 Å². The molecule has 3 aromatic rings. The zero-order valence-electron chi connectivity index (χ0n) is 15.6. The van der Waals surface area contributed by atoms with Crippen LogP contribution in [0.3, 0.4) is 0 Å². The molecular weight excluding hydrogens is 376 g/mol. The summed E-state index contributed by atoms with van der Waals surface area (Å²) in [5.74, 6) is 2.10. The monoisotopic (exact) mass is 398 g/mol. The summed E-state index contributed by atoms with van der Waals surface area (Å²) in [5.41, 5.74) is 0.805. The molecule has 6 heteroatoms. The Kier molecular flexibility index (Phi) is 5.81. The Morgan fingerprint density at radius 1 is 1.18 bits per heavy atom. The lowest BCUT2D eigenvalue weighted by Crippen LogP contribution is -2.38. The summed E-state index contributed by atoms with van der Waals surface area (Å²) in [5, 5.41) is 0.618. The van der Waals surface area contributed by atoms with Crippen molar-refractivity contribution in [2.45, 2.75) is 51.1 Å². The lowest BCUT2D eigenvalue weighted by Gasteiger charge is -2.28. The van der Waals surface area contributed by atoms with Gasteiger partial charge in [0.15, 0.2) is 11.7 Å². The molecule has 2 aromatic heterocycles. The highest BCUT2D eigenvalue weighted by atomic mass is 35.5. The van der Waals surface area contributed by atoms with E-state index in [2.05, 4.69) is 4.98 Å². The number of nitrogens with zero attached hydrogens (tertiary/aromatic N) is 2. The zero-order valence-corrected chi connectivity index (χ0v) is 16.4. The lowest BCUT2D eigenvalue weighted by molar-refractivity contribution is -0.134. The molecule has 28 heavy (non-hydrogen) atoms. The summed E-state index contributed by atoms with van der Waals surface area (Å²) in [6.45, 7) is 0.521. The molecule has 0 radical (unpaired) electrons. The molecule has 1 saturated carbocycles. The molecule has 0 spiro atoms. The summed E-state index contributed by atoms with van der Waals surface area (Å²) >= 11 is 6.22. The number of benzene rings is 1. The first-order valence-electron chi connectivity index (χ1n) is 9.72. The second-order valence-corrected chi connectivity index (χ2v) is 7.54. The first kappa shape index (κ1) is 18.8. The fourth-order valence-corrected chi connectivity index (χ4v) is 4.01. The number of carbonyl (C=O) groups excluding carboxylic acids is 1. The molecular formula is C22H23ClN2O3. The SMILES string of the molecule is O=C(CCc1ncc(-c2ccccc2Cl)o1)N(Cc1ccco1)C1CCCC1. The summed E-state index contributed by atoms with van der Waals surface area (Å²) in [6, 6.07) is 11.6. The van der Waals surface area contributed by atoms with Gasteiger partial charge in [0.1, 0.15) is 5.76 Å². The van der Waals surface area contributed by atoms with E-state index in [1.807, 2.05) is 41.3 Å². The van der Waals surface area contributed by atoms with E-state index < -0.39 is 0 Å². The summed E-state index contributed by atoms with van der Waals surface area (Å²) < 4.78 is 11.3. The van der Waals surface area contributed by atoms with Crippen LogP contribution in [0.15, 0.2) is 57.7 Å². The number of hydrogen-bond acceptors (Lipinski definition) is 4.